The number of amides is 2. The van der Waals surface area contributed by atoms with E-state index in [0.717, 1.165) is 31.0 Å². The van der Waals surface area contributed by atoms with Gasteiger partial charge in [0.15, 0.2) is 5.96 Å². The normalized spacial score (nSPS) is 23.2. The number of guanidine groups is 1. The predicted molar refractivity (Wildman–Crippen MR) is 141 cm³/mol. The molecule has 9 heteroatoms. The summed E-state index contributed by atoms with van der Waals surface area (Å²) in [6.07, 6.45) is 1.58. The first-order chi connectivity index (χ1) is 15.4. The van der Waals surface area contributed by atoms with Gasteiger partial charge in [0.25, 0.3) is 5.91 Å². The molecule has 8 nitrogen and oxygen atoms in total. The van der Waals surface area contributed by atoms with E-state index < -0.39 is 0 Å². The lowest BCUT2D eigenvalue weighted by Gasteiger charge is -2.35. The first-order valence-corrected chi connectivity index (χ1v) is 11.8. The molecule has 0 radical (unpaired) electrons. The molecule has 2 fully saturated rings. The van der Waals surface area contributed by atoms with Crippen molar-refractivity contribution >= 4 is 41.8 Å². The number of likely N-dealkylation sites (tertiary alicyclic amines) is 1. The fourth-order valence-corrected chi connectivity index (χ4v) is 4.29. The molecular weight excluding hydrogens is 533 g/mol. The van der Waals surface area contributed by atoms with Crippen molar-refractivity contribution in [3.8, 4) is 0 Å². The molecule has 1 aromatic carbocycles. The first kappa shape index (κ1) is 27.4. The predicted octanol–water partition coefficient (Wildman–Crippen LogP) is 2.62. The molecule has 2 aliphatic heterocycles. The summed E-state index contributed by atoms with van der Waals surface area (Å²) in [4.78, 5) is 33.2. The largest absolute Gasteiger partial charge is 0.372 e. The van der Waals surface area contributed by atoms with E-state index in [2.05, 4.69) is 10.6 Å². The van der Waals surface area contributed by atoms with Crippen LogP contribution in [-0.2, 0) is 16.1 Å². The maximum absolute atomic E-state index is 12.8. The molecule has 0 saturated carbocycles. The fraction of sp³-hybridized carbons (Fsp3) is 0.625. The molecule has 3 unspecified atom stereocenters. The van der Waals surface area contributed by atoms with Crippen LogP contribution in [0.25, 0.3) is 0 Å². The van der Waals surface area contributed by atoms with Crippen LogP contribution in [0.15, 0.2) is 29.3 Å². The highest BCUT2D eigenvalue weighted by Crippen LogP contribution is 2.15. The lowest BCUT2D eigenvalue weighted by atomic mass is 10.1. The molecule has 2 saturated heterocycles. The number of hydrogen-bond donors (Lipinski definition) is 2. The van der Waals surface area contributed by atoms with Crippen molar-refractivity contribution in [2.24, 2.45) is 4.99 Å². The highest BCUT2D eigenvalue weighted by Gasteiger charge is 2.27. The number of benzene rings is 1. The Hall–Kier alpha value is -1.88. The first-order valence-electron chi connectivity index (χ1n) is 11.8. The van der Waals surface area contributed by atoms with E-state index in [1.807, 2.05) is 61.8 Å². The minimum atomic E-state index is 0. The third-order valence-electron chi connectivity index (χ3n) is 5.86. The van der Waals surface area contributed by atoms with E-state index in [4.69, 9.17) is 9.73 Å². The summed E-state index contributed by atoms with van der Waals surface area (Å²) < 4.78 is 5.73. The monoisotopic (exact) mass is 571 g/mol. The Morgan fingerprint density at radius 1 is 1.06 bits per heavy atom. The quantitative estimate of drug-likeness (QED) is 0.312. The zero-order valence-corrected chi connectivity index (χ0v) is 22.5. The van der Waals surface area contributed by atoms with E-state index in [1.165, 1.54) is 0 Å². The van der Waals surface area contributed by atoms with Gasteiger partial charge < -0.3 is 25.2 Å². The number of nitrogens with one attached hydrogen (secondary N) is 2. The van der Waals surface area contributed by atoms with Crippen molar-refractivity contribution in [3.05, 3.63) is 35.4 Å². The number of morpholine rings is 1. The summed E-state index contributed by atoms with van der Waals surface area (Å²) >= 11 is 0. The van der Waals surface area contributed by atoms with Gasteiger partial charge in [-0.25, -0.2) is 4.99 Å². The molecule has 1 aromatic rings. The van der Waals surface area contributed by atoms with Crippen molar-refractivity contribution in [1.82, 2.24) is 20.4 Å². The highest BCUT2D eigenvalue weighted by molar-refractivity contribution is 14.0. The molecule has 3 atom stereocenters. The van der Waals surface area contributed by atoms with Crippen LogP contribution in [0.5, 0.6) is 0 Å². The maximum Gasteiger partial charge on any atom is 0.254 e. The molecule has 2 N–H and O–H groups in total. The summed E-state index contributed by atoms with van der Waals surface area (Å²) in [6.45, 7) is 12.0. The van der Waals surface area contributed by atoms with Gasteiger partial charge in [0, 0.05) is 50.7 Å². The summed E-state index contributed by atoms with van der Waals surface area (Å²) in [5.41, 5.74) is 1.73. The van der Waals surface area contributed by atoms with Crippen LogP contribution in [0.3, 0.4) is 0 Å². The van der Waals surface area contributed by atoms with Gasteiger partial charge in [0.1, 0.15) is 0 Å². The van der Waals surface area contributed by atoms with Gasteiger partial charge in [0.05, 0.1) is 18.8 Å². The van der Waals surface area contributed by atoms with Crippen molar-refractivity contribution in [1.29, 1.82) is 0 Å². The molecule has 184 valence electrons. The number of halogens is 1. The minimum Gasteiger partial charge on any atom is -0.372 e. The van der Waals surface area contributed by atoms with Crippen molar-refractivity contribution < 1.29 is 14.3 Å². The Labute approximate surface area is 214 Å². The van der Waals surface area contributed by atoms with Crippen LogP contribution in [0.4, 0.5) is 0 Å². The molecular formula is C24H38IN5O3. The minimum absolute atomic E-state index is 0. The molecule has 2 amide bonds. The third-order valence-corrected chi connectivity index (χ3v) is 5.86. The standard InChI is InChI=1S/C24H37N5O3.HI/c1-5-22(30)28-12-11-21(16-28)27-24(25-6-2)26-13-19-7-9-20(10-8-19)23(31)29-14-17(3)32-18(4)15-29;/h7-10,17-18,21H,5-6,11-16H2,1-4H3,(H2,25,26,27);1H. The molecule has 33 heavy (non-hydrogen) atoms. The zero-order valence-electron chi connectivity index (χ0n) is 20.2. The van der Waals surface area contributed by atoms with Gasteiger partial charge in [-0.2, -0.15) is 0 Å². The molecule has 2 heterocycles. The second kappa shape index (κ2) is 13.1. The van der Waals surface area contributed by atoms with Gasteiger partial charge in [-0.1, -0.05) is 19.1 Å². The second-order valence-corrected chi connectivity index (χ2v) is 8.68. The van der Waals surface area contributed by atoms with Gasteiger partial charge in [-0.05, 0) is 44.9 Å². The van der Waals surface area contributed by atoms with Crippen LogP contribution in [0, 0.1) is 0 Å². The number of carbonyl (C=O) groups excluding carboxylic acids is 2. The third kappa shape index (κ3) is 7.84. The molecule has 2 aliphatic rings. The van der Waals surface area contributed by atoms with Gasteiger partial charge in [0.2, 0.25) is 5.91 Å². The molecule has 0 aliphatic carbocycles. The topological polar surface area (TPSA) is 86.3 Å². The Balaban J connectivity index is 0.00000385. The number of aliphatic imine (C=N–C) groups is 1. The van der Waals surface area contributed by atoms with E-state index >= 15 is 0 Å². The van der Waals surface area contributed by atoms with Crippen LogP contribution < -0.4 is 10.6 Å². The van der Waals surface area contributed by atoms with E-state index in [-0.39, 0.29) is 54.0 Å². The summed E-state index contributed by atoms with van der Waals surface area (Å²) in [7, 11) is 0. The van der Waals surface area contributed by atoms with Gasteiger partial charge in [-0.3, -0.25) is 9.59 Å². The molecule has 3 rings (SSSR count). The van der Waals surface area contributed by atoms with E-state index in [9.17, 15) is 9.59 Å². The highest BCUT2D eigenvalue weighted by atomic mass is 127. The zero-order chi connectivity index (χ0) is 23.1. The van der Waals surface area contributed by atoms with Crippen LogP contribution in [-0.4, -0.2) is 78.5 Å². The number of ether oxygens (including phenoxy) is 1. The number of nitrogens with zero attached hydrogens (tertiary/aromatic N) is 3. The van der Waals surface area contributed by atoms with Crippen LogP contribution in [0.2, 0.25) is 0 Å². The van der Waals surface area contributed by atoms with Crippen molar-refractivity contribution in [3.63, 3.8) is 0 Å². The molecule has 0 spiro atoms. The number of hydrogen-bond acceptors (Lipinski definition) is 4. The number of rotatable bonds is 6. The number of carbonyl (C=O) groups is 2. The Morgan fingerprint density at radius 2 is 1.73 bits per heavy atom. The van der Waals surface area contributed by atoms with Gasteiger partial charge in [-0.15, -0.1) is 24.0 Å². The van der Waals surface area contributed by atoms with E-state index in [0.29, 0.717) is 38.2 Å². The summed E-state index contributed by atoms with van der Waals surface area (Å²) in [6, 6.07) is 7.89. The SMILES string of the molecule is CCNC(=NCc1ccc(C(=O)N2CC(C)OC(C)C2)cc1)NC1CCN(C(=O)CC)C1.I. The smallest absolute Gasteiger partial charge is 0.254 e. The van der Waals surface area contributed by atoms with Gasteiger partial charge >= 0.3 is 0 Å². The average Bonchev–Trinajstić information content (AvgIpc) is 3.25. The lowest BCUT2D eigenvalue weighted by molar-refractivity contribution is -0.129. The Kier molecular flexibility index (Phi) is 10.9. The lowest BCUT2D eigenvalue weighted by Crippen LogP contribution is -2.48. The Bertz CT molecular complexity index is 807. The van der Waals surface area contributed by atoms with Crippen molar-refractivity contribution in [2.45, 2.75) is 65.3 Å². The summed E-state index contributed by atoms with van der Waals surface area (Å²) in [5, 5.41) is 6.73. The van der Waals surface area contributed by atoms with E-state index in [1.54, 1.807) is 0 Å². The molecule has 0 aromatic heterocycles. The Morgan fingerprint density at radius 3 is 2.33 bits per heavy atom. The average molecular weight is 572 g/mol. The second-order valence-electron chi connectivity index (χ2n) is 8.68. The summed E-state index contributed by atoms with van der Waals surface area (Å²) in [5.74, 6) is 0.996. The van der Waals surface area contributed by atoms with Crippen LogP contribution in [0.1, 0.15) is 56.5 Å². The van der Waals surface area contributed by atoms with Crippen LogP contribution >= 0.6 is 24.0 Å². The van der Waals surface area contributed by atoms with Crippen molar-refractivity contribution in [2.75, 3.05) is 32.7 Å². The molecule has 0 bridgehead atoms. The maximum atomic E-state index is 12.8. The fourth-order valence-electron chi connectivity index (χ4n) is 4.29.